The van der Waals surface area contributed by atoms with E-state index in [1.54, 1.807) is 6.07 Å². The maximum atomic E-state index is 12.6. The van der Waals surface area contributed by atoms with Gasteiger partial charge in [0.2, 0.25) is 0 Å². The van der Waals surface area contributed by atoms with Gasteiger partial charge in [-0.15, -0.1) is 0 Å². The van der Waals surface area contributed by atoms with Gasteiger partial charge in [0.05, 0.1) is 24.8 Å². The number of ether oxygens (including phenoxy) is 1. The van der Waals surface area contributed by atoms with E-state index in [0.717, 1.165) is 29.8 Å². The maximum absolute atomic E-state index is 12.6. The Morgan fingerprint density at radius 2 is 1.95 bits per heavy atom. The van der Waals surface area contributed by atoms with Crippen LogP contribution in [0.25, 0.3) is 11.3 Å². The molecule has 0 saturated heterocycles. The summed E-state index contributed by atoms with van der Waals surface area (Å²) in [6, 6.07) is 13.8. The average molecular weight is 294 g/mol. The molecule has 4 nitrogen and oxygen atoms in total. The van der Waals surface area contributed by atoms with Gasteiger partial charge < -0.3 is 9.30 Å². The van der Waals surface area contributed by atoms with Crippen LogP contribution in [0, 0.1) is 11.3 Å². The van der Waals surface area contributed by atoms with Gasteiger partial charge in [0, 0.05) is 11.6 Å². The zero-order valence-electron chi connectivity index (χ0n) is 12.6. The fourth-order valence-corrected chi connectivity index (χ4v) is 2.63. The van der Waals surface area contributed by atoms with Crippen LogP contribution in [-0.4, -0.2) is 11.2 Å². The Morgan fingerprint density at radius 3 is 2.55 bits per heavy atom. The molecule has 0 spiro atoms. The molecule has 22 heavy (non-hydrogen) atoms. The summed E-state index contributed by atoms with van der Waals surface area (Å²) in [5.74, 6) is 0.827. The van der Waals surface area contributed by atoms with Gasteiger partial charge in [-0.05, 0) is 55.7 Å². The minimum absolute atomic E-state index is 0.0320. The molecule has 0 aliphatic heterocycles. The van der Waals surface area contributed by atoms with E-state index in [-0.39, 0.29) is 18.0 Å². The molecule has 0 bridgehead atoms. The molecule has 0 atom stereocenters. The zero-order chi connectivity index (χ0) is 15.5. The summed E-state index contributed by atoms with van der Waals surface area (Å²) in [5.41, 5.74) is 2.45. The highest BCUT2D eigenvalue weighted by molar-refractivity contribution is 5.61. The summed E-state index contributed by atoms with van der Waals surface area (Å²) in [6.07, 6.45) is 2.22. The molecule has 1 aliphatic rings. The van der Waals surface area contributed by atoms with Crippen LogP contribution in [0.5, 0.6) is 5.75 Å². The summed E-state index contributed by atoms with van der Waals surface area (Å²) in [6.45, 7) is 2.58. The molecule has 1 fully saturated rings. The van der Waals surface area contributed by atoms with E-state index in [0.29, 0.717) is 12.2 Å². The Labute approximate surface area is 129 Å². The Hall–Kier alpha value is -2.54. The van der Waals surface area contributed by atoms with Crippen molar-refractivity contribution in [1.29, 1.82) is 5.26 Å². The number of pyridine rings is 1. The largest absolute Gasteiger partial charge is 0.494 e. The lowest BCUT2D eigenvalue weighted by Crippen LogP contribution is -2.24. The van der Waals surface area contributed by atoms with Crippen molar-refractivity contribution in [3.63, 3.8) is 0 Å². The van der Waals surface area contributed by atoms with Crippen LogP contribution in [-0.2, 0) is 6.42 Å². The van der Waals surface area contributed by atoms with Crippen LogP contribution in [0.2, 0.25) is 0 Å². The number of hydrogen-bond donors (Lipinski definition) is 0. The molecule has 3 rings (SSSR count). The molecule has 1 saturated carbocycles. The van der Waals surface area contributed by atoms with Crippen LogP contribution in [0.15, 0.2) is 41.2 Å². The van der Waals surface area contributed by atoms with E-state index in [1.165, 1.54) is 0 Å². The predicted molar refractivity (Wildman–Crippen MR) is 84.9 cm³/mol. The topological polar surface area (TPSA) is 55.0 Å². The maximum Gasteiger partial charge on any atom is 0.255 e. The standard InChI is InChI=1S/C18H18N2O2/c1-2-22-16-8-3-13(4-9-16)17-10-5-14(11-12-19)18(21)20(17)15-6-7-15/h3-5,8-10,15H,2,6-7,11H2,1H3. The van der Waals surface area contributed by atoms with Gasteiger partial charge in [-0.25, -0.2) is 0 Å². The van der Waals surface area contributed by atoms with Crippen molar-refractivity contribution in [2.24, 2.45) is 0 Å². The normalized spacial score (nSPS) is 13.6. The van der Waals surface area contributed by atoms with Crippen molar-refractivity contribution < 1.29 is 4.74 Å². The molecule has 0 N–H and O–H groups in total. The van der Waals surface area contributed by atoms with Gasteiger partial charge in [-0.3, -0.25) is 4.79 Å². The molecular formula is C18H18N2O2. The summed E-state index contributed by atoms with van der Waals surface area (Å²) in [4.78, 5) is 12.6. The van der Waals surface area contributed by atoms with Crippen molar-refractivity contribution in [2.75, 3.05) is 6.61 Å². The Kier molecular flexibility index (Phi) is 3.97. The summed E-state index contributed by atoms with van der Waals surface area (Å²) in [7, 11) is 0. The smallest absolute Gasteiger partial charge is 0.255 e. The van der Waals surface area contributed by atoms with Crippen LogP contribution in [0.1, 0.15) is 31.4 Å². The van der Waals surface area contributed by atoms with E-state index >= 15 is 0 Å². The quantitative estimate of drug-likeness (QED) is 0.850. The molecule has 1 aromatic heterocycles. The lowest BCUT2D eigenvalue weighted by atomic mass is 10.1. The van der Waals surface area contributed by atoms with Gasteiger partial charge in [-0.1, -0.05) is 6.07 Å². The second kappa shape index (κ2) is 6.07. The van der Waals surface area contributed by atoms with Crippen LogP contribution < -0.4 is 10.3 Å². The van der Waals surface area contributed by atoms with Gasteiger partial charge in [-0.2, -0.15) is 5.26 Å². The Balaban J connectivity index is 2.05. The van der Waals surface area contributed by atoms with Gasteiger partial charge in [0.15, 0.2) is 0 Å². The summed E-state index contributed by atoms with van der Waals surface area (Å²) >= 11 is 0. The number of hydrogen-bond acceptors (Lipinski definition) is 3. The molecule has 0 amide bonds. The molecule has 4 heteroatoms. The number of nitrogens with zero attached hydrogens (tertiary/aromatic N) is 2. The van der Waals surface area contributed by atoms with Crippen molar-refractivity contribution in [3.8, 4) is 23.1 Å². The van der Waals surface area contributed by atoms with E-state index in [1.807, 2.05) is 41.8 Å². The molecular weight excluding hydrogens is 276 g/mol. The van der Waals surface area contributed by atoms with E-state index < -0.39 is 0 Å². The monoisotopic (exact) mass is 294 g/mol. The highest BCUT2D eigenvalue weighted by Gasteiger charge is 2.27. The number of benzene rings is 1. The third-order valence-corrected chi connectivity index (χ3v) is 3.84. The molecule has 1 aliphatic carbocycles. The molecule has 112 valence electrons. The third kappa shape index (κ3) is 2.75. The predicted octanol–water partition coefficient (Wildman–Crippen LogP) is 3.31. The first-order valence-corrected chi connectivity index (χ1v) is 7.59. The Morgan fingerprint density at radius 1 is 1.23 bits per heavy atom. The van der Waals surface area contributed by atoms with Gasteiger partial charge in [0.1, 0.15) is 5.75 Å². The third-order valence-electron chi connectivity index (χ3n) is 3.84. The number of nitriles is 1. The van der Waals surface area contributed by atoms with Gasteiger partial charge >= 0.3 is 0 Å². The first kappa shape index (κ1) is 14.4. The second-order valence-corrected chi connectivity index (χ2v) is 5.44. The summed E-state index contributed by atoms with van der Waals surface area (Å²) in [5, 5.41) is 8.84. The SMILES string of the molecule is CCOc1ccc(-c2ccc(CC#N)c(=O)n2C2CC2)cc1. The van der Waals surface area contributed by atoms with E-state index in [9.17, 15) is 4.79 Å². The van der Waals surface area contributed by atoms with Gasteiger partial charge in [0.25, 0.3) is 5.56 Å². The molecule has 1 heterocycles. The fourth-order valence-electron chi connectivity index (χ4n) is 2.63. The van der Waals surface area contributed by atoms with Crippen molar-refractivity contribution in [3.05, 3.63) is 52.3 Å². The molecule has 0 unspecified atom stereocenters. The Bertz CT molecular complexity index is 765. The van der Waals surface area contributed by atoms with Crippen LogP contribution in [0.4, 0.5) is 0 Å². The lowest BCUT2D eigenvalue weighted by Gasteiger charge is -2.14. The first-order valence-electron chi connectivity index (χ1n) is 7.59. The zero-order valence-corrected chi connectivity index (χ0v) is 12.6. The van der Waals surface area contributed by atoms with Crippen molar-refractivity contribution in [1.82, 2.24) is 4.57 Å². The minimum Gasteiger partial charge on any atom is -0.494 e. The number of aromatic nitrogens is 1. The van der Waals surface area contributed by atoms with Crippen molar-refractivity contribution >= 4 is 0 Å². The molecule has 1 aromatic carbocycles. The van der Waals surface area contributed by atoms with E-state index in [2.05, 4.69) is 6.07 Å². The van der Waals surface area contributed by atoms with Crippen LogP contribution >= 0.6 is 0 Å². The highest BCUT2D eigenvalue weighted by atomic mass is 16.5. The molecule has 2 aromatic rings. The number of rotatable bonds is 5. The molecule has 0 radical (unpaired) electrons. The fraction of sp³-hybridized carbons (Fsp3) is 0.333. The minimum atomic E-state index is -0.0320. The van der Waals surface area contributed by atoms with Crippen molar-refractivity contribution in [2.45, 2.75) is 32.2 Å². The summed E-state index contributed by atoms with van der Waals surface area (Å²) < 4.78 is 7.31. The first-order chi connectivity index (χ1) is 10.7. The van der Waals surface area contributed by atoms with E-state index in [4.69, 9.17) is 10.00 Å². The second-order valence-electron chi connectivity index (χ2n) is 5.44. The van der Waals surface area contributed by atoms with Crippen LogP contribution in [0.3, 0.4) is 0 Å². The average Bonchev–Trinajstić information content (AvgIpc) is 3.35. The highest BCUT2D eigenvalue weighted by Crippen LogP contribution is 2.37. The lowest BCUT2D eigenvalue weighted by molar-refractivity contribution is 0.340.